The van der Waals surface area contributed by atoms with E-state index in [1.807, 2.05) is 42.3 Å². The van der Waals surface area contributed by atoms with Gasteiger partial charge in [-0.05, 0) is 31.0 Å². The molecule has 6 nitrogen and oxygen atoms in total. The van der Waals surface area contributed by atoms with Crippen LogP contribution in [0.1, 0.15) is 23.0 Å². The highest BCUT2D eigenvalue weighted by atomic mass is 16.2. The third-order valence-corrected chi connectivity index (χ3v) is 4.69. The smallest absolute Gasteiger partial charge is 0.264 e. The molecule has 0 aliphatic carbocycles. The quantitative estimate of drug-likeness (QED) is 0.686. The van der Waals surface area contributed by atoms with Gasteiger partial charge in [-0.3, -0.25) is 4.79 Å². The SMILES string of the molecule is Cc1nn2cccnc2c1C(=O)N1C[C@@H](C)CN(C)c2ccccc21. The van der Waals surface area contributed by atoms with Crippen molar-refractivity contribution in [3.05, 3.63) is 54.0 Å². The molecular weight excluding hydrogens is 314 g/mol. The molecule has 4 rings (SSSR count). The second-order valence-corrected chi connectivity index (χ2v) is 6.74. The summed E-state index contributed by atoms with van der Waals surface area (Å²) in [6.45, 7) is 5.61. The van der Waals surface area contributed by atoms with Crippen molar-refractivity contribution in [2.75, 3.05) is 29.9 Å². The van der Waals surface area contributed by atoms with Crippen LogP contribution < -0.4 is 9.80 Å². The molecule has 0 N–H and O–H groups in total. The fourth-order valence-electron chi connectivity index (χ4n) is 3.62. The standard InChI is InChI=1S/C19H21N5O/c1-13-11-22(3)15-7-4-5-8-16(15)23(12-13)19(25)17-14(2)21-24-10-6-9-20-18(17)24/h4-10,13H,11-12H2,1-3H3/t13-/m0/s1. The molecule has 0 radical (unpaired) electrons. The highest BCUT2D eigenvalue weighted by Crippen LogP contribution is 2.34. The van der Waals surface area contributed by atoms with Gasteiger partial charge in [-0.1, -0.05) is 19.1 Å². The van der Waals surface area contributed by atoms with Crippen molar-refractivity contribution in [3.63, 3.8) is 0 Å². The summed E-state index contributed by atoms with van der Waals surface area (Å²) in [7, 11) is 2.07. The van der Waals surface area contributed by atoms with E-state index >= 15 is 0 Å². The Labute approximate surface area is 146 Å². The maximum atomic E-state index is 13.5. The third-order valence-electron chi connectivity index (χ3n) is 4.69. The predicted octanol–water partition coefficient (Wildman–Crippen LogP) is 2.77. The number of carbonyl (C=O) groups excluding carboxylic acids is 1. The summed E-state index contributed by atoms with van der Waals surface area (Å²) in [6, 6.07) is 9.87. The first kappa shape index (κ1) is 15.6. The summed E-state index contributed by atoms with van der Waals surface area (Å²) in [5.41, 5.74) is 3.89. The predicted molar refractivity (Wildman–Crippen MR) is 98.3 cm³/mol. The largest absolute Gasteiger partial charge is 0.373 e. The molecule has 2 aromatic heterocycles. The van der Waals surface area contributed by atoms with Crippen molar-refractivity contribution in [1.29, 1.82) is 0 Å². The van der Waals surface area contributed by atoms with Gasteiger partial charge in [-0.25, -0.2) is 9.50 Å². The number of hydrogen-bond acceptors (Lipinski definition) is 4. The first-order chi connectivity index (χ1) is 12.1. The molecule has 0 saturated heterocycles. The number of rotatable bonds is 1. The van der Waals surface area contributed by atoms with E-state index in [0.717, 1.165) is 17.9 Å². The zero-order valence-corrected chi connectivity index (χ0v) is 14.7. The van der Waals surface area contributed by atoms with Crippen molar-refractivity contribution in [1.82, 2.24) is 14.6 Å². The number of benzene rings is 1. The lowest BCUT2D eigenvalue weighted by Gasteiger charge is -2.24. The van der Waals surface area contributed by atoms with Gasteiger partial charge in [-0.2, -0.15) is 5.10 Å². The van der Waals surface area contributed by atoms with Crippen molar-refractivity contribution in [2.45, 2.75) is 13.8 Å². The van der Waals surface area contributed by atoms with E-state index in [1.165, 1.54) is 0 Å². The zero-order valence-electron chi connectivity index (χ0n) is 14.7. The van der Waals surface area contributed by atoms with Crippen LogP contribution in [0.15, 0.2) is 42.7 Å². The van der Waals surface area contributed by atoms with Crippen LogP contribution in [0.5, 0.6) is 0 Å². The first-order valence-electron chi connectivity index (χ1n) is 8.48. The lowest BCUT2D eigenvalue weighted by Crippen LogP contribution is -2.35. The van der Waals surface area contributed by atoms with E-state index in [4.69, 9.17) is 0 Å². The Morgan fingerprint density at radius 3 is 2.72 bits per heavy atom. The average Bonchev–Trinajstić information content (AvgIpc) is 2.88. The Kier molecular flexibility index (Phi) is 3.67. The molecule has 0 bridgehead atoms. The topological polar surface area (TPSA) is 53.7 Å². The van der Waals surface area contributed by atoms with Crippen LogP contribution in [0.3, 0.4) is 0 Å². The highest BCUT2D eigenvalue weighted by Gasteiger charge is 2.30. The van der Waals surface area contributed by atoms with Crippen LogP contribution in [-0.2, 0) is 0 Å². The van der Waals surface area contributed by atoms with Crippen molar-refractivity contribution in [3.8, 4) is 0 Å². The minimum absolute atomic E-state index is 0.0409. The molecule has 6 heteroatoms. The highest BCUT2D eigenvalue weighted by molar-refractivity contribution is 6.12. The monoisotopic (exact) mass is 335 g/mol. The van der Waals surface area contributed by atoms with E-state index in [-0.39, 0.29) is 5.91 Å². The Hall–Kier alpha value is -2.89. The lowest BCUT2D eigenvalue weighted by atomic mass is 10.1. The van der Waals surface area contributed by atoms with Gasteiger partial charge in [0.15, 0.2) is 5.65 Å². The number of hydrogen-bond donors (Lipinski definition) is 0. The summed E-state index contributed by atoms with van der Waals surface area (Å²) in [5, 5.41) is 4.44. The van der Waals surface area contributed by atoms with Gasteiger partial charge in [0.25, 0.3) is 5.91 Å². The maximum absolute atomic E-state index is 13.5. The molecule has 1 atom stereocenters. The fraction of sp³-hybridized carbons (Fsp3) is 0.316. The van der Waals surface area contributed by atoms with Crippen molar-refractivity contribution in [2.24, 2.45) is 5.92 Å². The van der Waals surface area contributed by atoms with Gasteiger partial charge in [0.1, 0.15) is 5.56 Å². The molecule has 0 unspecified atom stereocenters. The van der Waals surface area contributed by atoms with Crippen LogP contribution in [0.25, 0.3) is 5.65 Å². The number of fused-ring (bicyclic) bond motifs is 2. The molecular formula is C19H21N5O. The summed E-state index contributed by atoms with van der Waals surface area (Å²) in [4.78, 5) is 21.9. The van der Waals surface area contributed by atoms with Crippen LogP contribution in [0.2, 0.25) is 0 Å². The van der Waals surface area contributed by atoms with Crippen LogP contribution in [0, 0.1) is 12.8 Å². The third kappa shape index (κ3) is 2.54. The lowest BCUT2D eigenvalue weighted by molar-refractivity contribution is 0.0985. The zero-order chi connectivity index (χ0) is 17.6. The normalized spacial score (nSPS) is 17.5. The average molecular weight is 335 g/mol. The molecule has 1 aliphatic heterocycles. The molecule has 0 saturated carbocycles. The Bertz CT molecular complexity index is 948. The number of carbonyl (C=O) groups is 1. The number of amides is 1. The Morgan fingerprint density at radius 2 is 1.92 bits per heavy atom. The summed E-state index contributed by atoms with van der Waals surface area (Å²) < 4.78 is 1.67. The van der Waals surface area contributed by atoms with E-state index in [0.29, 0.717) is 29.4 Å². The first-order valence-corrected chi connectivity index (χ1v) is 8.48. The number of aryl methyl sites for hydroxylation is 1. The summed E-state index contributed by atoms with van der Waals surface area (Å²) >= 11 is 0. The van der Waals surface area contributed by atoms with Gasteiger partial charge in [0.05, 0.1) is 17.1 Å². The molecule has 3 heterocycles. The second kappa shape index (κ2) is 5.88. The minimum Gasteiger partial charge on any atom is -0.373 e. The van der Waals surface area contributed by atoms with Crippen LogP contribution in [-0.4, -0.2) is 40.6 Å². The number of aromatic nitrogens is 3. The van der Waals surface area contributed by atoms with Gasteiger partial charge in [0, 0.05) is 32.5 Å². The number of para-hydroxylation sites is 2. The van der Waals surface area contributed by atoms with Crippen LogP contribution in [0.4, 0.5) is 11.4 Å². The summed E-state index contributed by atoms with van der Waals surface area (Å²) in [6.07, 6.45) is 3.51. The van der Waals surface area contributed by atoms with Gasteiger partial charge in [-0.15, -0.1) is 0 Å². The second-order valence-electron chi connectivity index (χ2n) is 6.74. The molecule has 1 aliphatic rings. The Balaban J connectivity index is 1.86. The molecule has 0 spiro atoms. The molecule has 0 fully saturated rings. The fourth-order valence-corrected chi connectivity index (χ4v) is 3.62. The van der Waals surface area contributed by atoms with E-state index in [1.54, 1.807) is 10.7 Å². The number of nitrogens with zero attached hydrogens (tertiary/aromatic N) is 5. The van der Waals surface area contributed by atoms with Gasteiger partial charge >= 0.3 is 0 Å². The van der Waals surface area contributed by atoms with Crippen molar-refractivity contribution < 1.29 is 4.79 Å². The van der Waals surface area contributed by atoms with Gasteiger partial charge in [0.2, 0.25) is 0 Å². The molecule has 3 aromatic rings. The minimum atomic E-state index is -0.0409. The van der Waals surface area contributed by atoms with E-state index in [9.17, 15) is 4.79 Å². The Morgan fingerprint density at radius 1 is 1.16 bits per heavy atom. The molecule has 1 aromatic carbocycles. The van der Waals surface area contributed by atoms with Crippen molar-refractivity contribution >= 4 is 22.9 Å². The van der Waals surface area contributed by atoms with E-state index < -0.39 is 0 Å². The van der Waals surface area contributed by atoms with Gasteiger partial charge < -0.3 is 9.80 Å². The number of anilines is 2. The molecule has 1 amide bonds. The summed E-state index contributed by atoms with van der Waals surface area (Å²) in [5.74, 6) is 0.317. The maximum Gasteiger partial charge on any atom is 0.264 e. The molecule has 25 heavy (non-hydrogen) atoms. The van der Waals surface area contributed by atoms with Crippen LogP contribution >= 0.6 is 0 Å². The van der Waals surface area contributed by atoms with E-state index in [2.05, 4.69) is 35.0 Å². The molecule has 128 valence electrons.